The van der Waals surface area contributed by atoms with Crippen LogP contribution in [0.3, 0.4) is 0 Å². The van der Waals surface area contributed by atoms with Gasteiger partial charge in [-0.2, -0.15) is 0 Å². The monoisotopic (exact) mass is 399 g/mol. The van der Waals surface area contributed by atoms with Crippen molar-refractivity contribution >= 4 is 0 Å². The number of phenols is 1. The Bertz CT molecular complexity index is 911. The molecule has 0 bridgehead atoms. The molecule has 0 amide bonds. The number of ether oxygens (including phenoxy) is 3. The summed E-state index contributed by atoms with van der Waals surface area (Å²) in [5, 5.41) is 10.3. The summed E-state index contributed by atoms with van der Waals surface area (Å²) >= 11 is 0. The molecular formula is C22H29N3O4. The maximum absolute atomic E-state index is 10.3. The third-order valence-electron chi connectivity index (χ3n) is 6.54. The van der Waals surface area contributed by atoms with Gasteiger partial charge >= 0.3 is 0 Å². The molecule has 3 aliphatic rings. The van der Waals surface area contributed by atoms with Crippen molar-refractivity contribution in [3.8, 4) is 11.5 Å². The van der Waals surface area contributed by atoms with E-state index in [0.29, 0.717) is 19.0 Å². The molecule has 7 heteroatoms. The fraction of sp³-hybridized carbons (Fsp3) is 0.591. The van der Waals surface area contributed by atoms with Crippen molar-refractivity contribution in [2.45, 2.75) is 44.1 Å². The van der Waals surface area contributed by atoms with E-state index >= 15 is 0 Å². The van der Waals surface area contributed by atoms with Crippen LogP contribution in [-0.4, -0.2) is 57.1 Å². The molecule has 1 aromatic carbocycles. The lowest BCUT2D eigenvalue weighted by molar-refractivity contribution is -0.231. The summed E-state index contributed by atoms with van der Waals surface area (Å²) < 4.78 is 21.0. The first kappa shape index (κ1) is 18.9. The Morgan fingerprint density at radius 2 is 2.17 bits per heavy atom. The molecule has 156 valence electrons. The van der Waals surface area contributed by atoms with E-state index in [0.717, 1.165) is 37.3 Å². The van der Waals surface area contributed by atoms with Crippen LogP contribution in [0.1, 0.15) is 37.6 Å². The number of morpholine rings is 1. The molecule has 3 atom stereocenters. The summed E-state index contributed by atoms with van der Waals surface area (Å²) in [6.45, 7) is 7.91. The van der Waals surface area contributed by atoms with Gasteiger partial charge in [0, 0.05) is 44.4 Å². The Morgan fingerprint density at radius 1 is 1.31 bits per heavy atom. The zero-order chi connectivity index (χ0) is 20.2. The van der Waals surface area contributed by atoms with E-state index in [1.807, 2.05) is 30.1 Å². The van der Waals surface area contributed by atoms with Crippen molar-refractivity contribution in [2.75, 3.05) is 26.3 Å². The number of rotatable bonds is 2. The molecule has 7 nitrogen and oxygen atoms in total. The molecule has 0 unspecified atom stereocenters. The lowest BCUT2D eigenvalue weighted by atomic mass is 9.71. The zero-order valence-corrected chi connectivity index (χ0v) is 17.3. The molecule has 0 saturated carbocycles. The quantitative estimate of drug-likeness (QED) is 0.837. The van der Waals surface area contributed by atoms with Gasteiger partial charge in [-0.3, -0.25) is 4.90 Å². The lowest BCUT2D eigenvalue weighted by Crippen LogP contribution is -2.61. The molecule has 1 N–H and O–H groups in total. The average Bonchev–Trinajstić information content (AvgIpc) is 3.08. The predicted molar refractivity (Wildman–Crippen MR) is 107 cm³/mol. The van der Waals surface area contributed by atoms with Crippen LogP contribution in [0.5, 0.6) is 11.5 Å². The number of nitrogens with zero attached hydrogens (tertiary/aromatic N) is 3. The summed E-state index contributed by atoms with van der Waals surface area (Å²) in [6.07, 6.45) is 4.67. The molecule has 2 aromatic rings. The van der Waals surface area contributed by atoms with Crippen LogP contribution in [-0.2, 0) is 23.1 Å². The van der Waals surface area contributed by atoms with Gasteiger partial charge < -0.3 is 23.9 Å². The van der Waals surface area contributed by atoms with Crippen molar-refractivity contribution in [3.63, 3.8) is 0 Å². The number of aromatic hydroxyl groups is 1. The summed E-state index contributed by atoms with van der Waals surface area (Å²) in [7, 11) is 1.99. The standard InChI is InChI=1S/C22H29N3O4/c1-21(2)17-9-22(12-25(7-8-28-22)11-15-10-24(3)14-23-15)13-27-19(17)16-5-4-6-18(26)20(16)29-21/h4-6,10,14,17,19,26H,7-9,11-13H2,1-3H3/t17-,19+,22+/m0/s1. The van der Waals surface area contributed by atoms with Gasteiger partial charge in [-0.05, 0) is 26.3 Å². The first-order chi connectivity index (χ1) is 13.9. The maximum Gasteiger partial charge on any atom is 0.167 e. The van der Waals surface area contributed by atoms with Crippen LogP contribution < -0.4 is 4.74 Å². The molecular weight excluding hydrogens is 370 g/mol. The Morgan fingerprint density at radius 3 is 2.97 bits per heavy atom. The second kappa shape index (κ2) is 6.72. The van der Waals surface area contributed by atoms with E-state index < -0.39 is 5.60 Å². The Kier molecular flexibility index (Phi) is 4.38. The van der Waals surface area contributed by atoms with E-state index in [1.165, 1.54) is 0 Å². The number of aromatic nitrogens is 2. The van der Waals surface area contributed by atoms with Gasteiger partial charge in [-0.25, -0.2) is 4.98 Å². The highest BCUT2D eigenvalue weighted by Crippen LogP contribution is 2.54. The van der Waals surface area contributed by atoms with Crippen molar-refractivity contribution in [1.29, 1.82) is 0 Å². The maximum atomic E-state index is 10.3. The molecule has 29 heavy (non-hydrogen) atoms. The number of para-hydroxylation sites is 1. The fourth-order valence-corrected chi connectivity index (χ4v) is 5.10. The molecule has 1 spiro atoms. The minimum atomic E-state index is -0.462. The van der Waals surface area contributed by atoms with Crippen molar-refractivity contribution in [2.24, 2.45) is 13.0 Å². The number of fused-ring (bicyclic) bond motifs is 3. The van der Waals surface area contributed by atoms with Crippen LogP contribution in [0, 0.1) is 5.92 Å². The van der Waals surface area contributed by atoms with E-state index in [4.69, 9.17) is 14.2 Å². The minimum Gasteiger partial charge on any atom is -0.504 e. The third-order valence-corrected chi connectivity index (χ3v) is 6.54. The van der Waals surface area contributed by atoms with Gasteiger partial charge in [-0.1, -0.05) is 12.1 Å². The predicted octanol–water partition coefficient (Wildman–Crippen LogP) is 2.65. The molecule has 2 saturated heterocycles. The van der Waals surface area contributed by atoms with E-state index in [2.05, 4.69) is 29.9 Å². The topological polar surface area (TPSA) is 69.0 Å². The molecule has 0 radical (unpaired) electrons. The van der Waals surface area contributed by atoms with Gasteiger partial charge in [0.25, 0.3) is 0 Å². The van der Waals surface area contributed by atoms with Crippen molar-refractivity contribution in [3.05, 3.63) is 42.0 Å². The summed E-state index contributed by atoms with van der Waals surface area (Å²) in [5.41, 5.74) is 1.20. The molecule has 2 fully saturated rings. The van der Waals surface area contributed by atoms with Crippen molar-refractivity contribution < 1.29 is 19.3 Å². The minimum absolute atomic E-state index is 0.0961. The molecule has 0 aliphatic carbocycles. The highest BCUT2D eigenvalue weighted by molar-refractivity contribution is 5.49. The van der Waals surface area contributed by atoms with Crippen molar-refractivity contribution in [1.82, 2.24) is 14.5 Å². The number of hydrogen-bond donors (Lipinski definition) is 1. The summed E-state index contributed by atoms with van der Waals surface area (Å²) in [4.78, 5) is 6.88. The van der Waals surface area contributed by atoms with Gasteiger partial charge in [0.2, 0.25) is 0 Å². The Balaban J connectivity index is 1.38. The van der Waals surface area contributed by atoms with Crippen LogP contribution in [0.25, 0.3) is 0 Å². The lowest BCUT2D eigenvalue weighted by Gasteiger charge is -2.54. The third kappa shape index (κ3) is 3.31. The largest absolute Gasteiger partial charge is 0.504 e. The van der Waals surface area contributed by atoms with Gasteiger partial charge in [-0.15, -0.1) is 0 Å². The Labute approximate surface area is 171 Å². The SMILES string of the molecule is Cn1cnc(CN2CCO[C@@]3(CO[C@@H]4c5cccc(O)c5OC(C)(C)[C@H]4C3)C2)c1. The number of benzene rings is 1. The molecule has 1 aromatic heterocycles. The van der Waals surface area contributed by atoms with Crippen LogP contribution in [0.4, 0.5) is 0 Å². The number of aryl methyl sites for hydroxylation is 1. The van der Waals surface area contributed by atoms with Crippen LogP contribution >= 0.6 is 0 Å². The van der Waals surface area contributed by atoms with Gasteiger partial charge in [0.05, 0.1) is 31.3 Å². The molecule has 4 heterocycles. The Hall–Kier alpha value is -2.09. The summed E-state index contributed by atoms with van der Waals surface area (Å²) in [5.74, 6) is 0.866. The second-order valence-electron chi connectivity index (χ2n) is 9.22. The highest BCUT2D eigenvalue weighted by atomic mass is 16.6. The smallest absolute Gasteiger partial charge is 0.167 e. The first-order valence-electron chi connectivity index (χ1n) is 10.3. The van der Waals surface area contributed by atoms with Gasteiger partial charge in [0.15, 0.2) is 11.5 Å². The summed E-state index contributed by atoms with van der Waals surface area (Å²) in [6, 6.07) is 5.51. The zero-order valence-electron chi connectivity index (χ0n) is 17.3. The van der Waals surface area contributed by atoms with E-state index in [1.54, 1.807) is 6.07 Å². The normalized spacial score (nSPS) is 31.1. The van der Waals surface area contributed by atoms with E-state index in [-0.39, 0.29) is 23.4 Å². The van der Waals surface area contributed by atoms with Crippen LogP contribution in [0.15, 0.2) is 30.7 Å². The highest BCUT2D eigenvalue weighted by Gasteiger charge is 2.54. The second-order valence-corrected chi connectivity index (χ2v) is 9.22. The first-order valence-corrected chi connectivity index (χ1v) is 10.3. The number of phenolic OH excluding ortho intramolecular Hbond substituents is 1. The number of hydrogen-bond acceptors (Lipinski definition) is 6. The fourth-order valence-electron chi connectivity index (χ4n) is 5.10. The molecule has 3 aliphatic heterocycles. The van der Waals surface area contributed by atoms with Gasteiger partial charge in [0.1, 0.15) is 11.2 Å². The average molecular weight is 399 g/mol. The van der Waals surface area contributed by atoms with Crippen LogP contribution in [0.2, 0.25) is 0 Å². The van der Waals surface area contributed by atoms with E-state index in [9.17, 15) is 5.11 Å². The molecule has 5 rings (SSSR count). The number of imidazole rings is 1.